The molecule has 1 heterocycles. The van der Waals surface area contributed by atoms with Crippen LogP contribution in [0, 0.1) is 0 Å². The maximum absolute atomic E-state index is 12.2. The van der Waals surface area contributed by atoms with E-state index in [0.29, 0.717) is 21.7 Å². The molecule has 2 atom stereocenters. The Morgan fingerprint density at radius 3 is 2.65 bits per heavy atom. The summed E-state index contributed by atoms with van der Waals surface area (Å²) in [5, 5.41) is 4.75. The zero-order valence-corrected chi connectivity index (χ0v) is 13.8. The Labute approximate surface area is 139 Å². The molecule has 2 aromatic carbocycles. The second kappa shape index (κ2) is 6.52. The van der Waals surface area contributed by atoms with Gasteiger partial charge in [-0.25, -0.2) is 4.98 Å². The molecule has 0 aliphatic heterocycles. The van der Waals surface area contributed by atoms with Crippen molar-refractivity contribution in [2.45, 2.75) is 25.9 Å². The van der Waals surface area contributed by atoms with E-state index in [1.54, 1.807) is 6.07 Å². The van der Waals surface area contributed by atoms with Crippen LogP contribution in [0.5, 0.6) is 0 Å². The first-order chi connectivity index (χ1) is 11.0. The molecule has 2 N–H and O–H groups in total. The summed E-state index contributed by atoms with van der Waals surface area (Å²) in [4.78, 5) is 19.6. The minimum atomic E-state index is -0.116. The van der Waals surface area contributed by atoms with Gasteiger partial charge in [0.2, 0.25) is 0 Å². The third-order valence-corrected chi connectivity index (χ3v) is 4.13. The molecule has 0 fully saturated rings. The maximum atomic E-state index is 12.2. The van der Waals surface area contributed by atoms with Gasteiger partial charge < -0.3 is 10.3 Å². The predicted molar refractivity (Wildman–Crippen MR) is 93.8 cm³/mol. The van der Waals surface area contributed by atoms with Crippen LogP contribution in [-0.4, -0.2) is 9.97 Å². The van der Waals surface area contributed by atoms with E-state index in [1.807, 2.05) is 49.4 Å². The van der Waals surface area contributed by atoms with Crippen molar-refractivity contribution >= 4 is 22.5 Å². The average Bonchev–Trinajstić information content (AvgIpc) is 2.54. The van der Waals surface area contributed by atoms with Gasteiger partial charge in [-0.05, 0) is 43.7 Å². The summed E-state index contributed by atoms with van der Waals surface area (Å²) in [6, 6.07) is 15.1. The number of nitrogens with one attached hydrogen (secondary N) is 2. The van der Waals surface area contributed by atoms with Crippen LogP contribution in [0.1, 0.15) is 37.3 Å². The monoisotopic (exact) mass is 327 g/mol. The molecule has 0 bridgehead atoms. The lowest BCUT2D eigenvalue weighted by Gasteiger charge is -2.20. The van der Waals surface area contributed by atoms with E-state index in [2.05, 4.69) is 22.2 Å². The summed E-state index contributed by atoms with van der Waals surface area (Å²) in [6.45, 7) is 4.04. The first-order valence-electron chi connectivity index (χ1n) is 7.55. The van der Waals surface area contributed by atoms with Crippen molar-refractivity contribution in [3.8, 4) is 0 Å². The third kappa shape index (κ3) is 3.44. The van der Waals surface area contributed by atoms with Crippen LogP contribution in [0.15, 0.2) is 53.3 Å². The molecule has 0 aliphatic carbocycles. The highest BCUT2D eigenvalue weighted by atomic mass is 35.5. The molecule has 3 rings (SSSR count). The maximum Gasteiger partial charge on any atom is 0.258 e. The highest BCUT2D eigenvalue weighted by molar-refractivity contribution is 6.30. The Hall–Kier alpha value is -2.17. The van der Waals surface area contributed by atoms with Gasteiger partial charge in [0.15, 0.2) is 0 Å². The summed E-state index contributed by atoms with van der Waals surface area (Å²) in [6.07, 6.45) is 0. The first-order valence-corrected chi connectivity index (χ1v) is 7.93. The van der Waals surface area contributed by atoms with Gasteiger partial charge in [-0.1, -0.05) is 35.9 Å². The lowest BCUT2D eigenvalue weighted by atomic mass is 10.1. The highest BCUT2D eigenvalue weighted by Crippen LogP contribution is 2.20. The normalized spacial score (nSPS) is 13.9. The number of nitrogens with zero attached hydrogens (tertiary/aromatic N) is 1. The standard InChI is InChI=1S/C18H18ClN3O/c1-11(13-6-5-7-14(19)10-13)20-12(2)17-21-16-9-4-3-8-15(16)18(23)22-17/h3-12,20H,1-2H3,(H,21,22,23)/t11-,12+/m0/s1. The minimum absolute atomic E-state index is 0.0838. The Morgan fingerprint density at radius 2 is 1.87 bits per heavy atom. The number of halogens is 1. The van der Waals surface area contributed by atoms with Crippen molar-refractivity contribution in [2.24, 2.45) is 0 Å². The van der Waals surface area contributed by atoms with Crippen LogP contribution in [0.2, 0.25) is 5.02 Å². The van der Waals surface area contributed by atoms with Gasteiger partial charge in [0.25, 0.3) is 5.56 Å². The molecule has 5 heteroatoms. The molecule has 0 radical (unpaired) electrons. The van der Waals surface area contributed by atoms with Crippen LogP contribution in [0.25, 0.3) is 10.9 Å². The van der Waals surface area contributed by atoms with Crippen LogP contribution in [0.3, 0.4) is 0 Å². The van der Waals surface area contributed by atoms with Gasteiger partial charge in [0.05, 0.1) is 16.9 Å². The van der Waals surface area contributed by atoms with Crippen LogP contribution in [-0.2, 0) is 0 Å². The van der Waals surface area contributed by atoms with Crippen molar-refractivity contribution in [3.63, 3.8) is 0 Å². The largest absolute Gasteiger partial charge is 0.309 e. The van der Waals surface area contributed by atoms with Crippen molar-refractivity contribution in [1.82, 2.24) is 15.3 Å². The number of rotatable bonds is 4. The number of hydrogen-bond acceptors (Lipinski definition) is 3. The second-order valence-electron chi connectivity index (χ2n) is 5.63. The molecule has 0 saturated carbocycles. The molecule has 23 heavy (non-hydrogen) atoms. The fraction of sp³-hybridized carbons (Fsp3) is 0.222. The first kappa shape index (κ1) is 15.7. The smallest absolute Gasteiger partial charge is 0.258 e. The van der Waals surface area contributed by atoms with Crippen molar-refractivity contribution in [2.75, 3.05) is 0 Å². The van der Waals surface area contributed by atoms with Gasteiger partial charge in [-0.3, -0.25) is 4.79 Å². The number of H-pyrrole nitrogens is 1. The fourth-order valence-corrected chi connectivity index (χ4v) is 2.83. The summed E-state index contributed by atoms with van der Waals surface area (Å²) in [5.74, 6) is 0.627. The second-order valence-corrected chi connectivity index (χ2v) is 6.07. The Kier molecular flexibility index (Phi) is 4.46. The third-order valence-electron chi connectivity index (χ3n) is 3.89. The van der Waals surface area contributed by atoms with Crippen molar-refractivity contribution in [1.29, 1.82) is 0 Å². The molecule has 0 saturated heterocycles. The zero-order valence-electron chi connectivity index (χ0n) is 13.0. The van der Waals surface area contributed by atoms with Gasteiger partial charge in [0, 0.05) is 11.1 Å². The SMILES string of the molecule is C[C@H](N[C@H](C)c1nc2ccccc2c(=O)[nH]1)c1cccc(Cl)c1. The summed E-state index contributed by atoms with van der Waals surface area (Å²) >= 11 is 6.04. The predicted octanol–water partition coefficient (Wildman–Crippen LogP) is 3.99. The number of hydrogen-bond donors (Lipinski definition) is 2. The van der Waals surface area contributed by atoms with Crippen LogP contribution in [0.4, 0.5) is 0 Å². The van der Waals surface area contributed by atoms with Crippen LogP contribution >= 0.6 is 11.6 Å². The molecule has 118 valence electrons. The topological polar surface area (TPSA) is 57.8 Å². The molecule has 0 spiro atoms. The van der Waals surface area contributed by atoms with E-state index in [1.165, 1.54) is 0 Å². The van der Waals surface area contributed by atoms with E-state index in [9.17, 15) is 4.79 Å². The van der Waals surface area contributed by atoms with Gasteiger partial charge >= 0.3 is 0 Å². The number of benzene rings is 2. The molecule has 1 aromatic heterocycles. The van der Waals surface area contributed by atoms with Gasteiger partial charge in [-0.15, -0.1) is 0 Å². The highest BCUT2D eigenvalue weighted by Gasteiger charge is 2.14. The molecule has 0 amide bonds. The Bertz CT molecular complexity index is 891. The Morgan fingerprint density at radius 1 is 1.09 bits per heavy atom. The number of aromatic nitrogens is 2. The van der Waals surface area contributed by atoms with E-state index >= 15 is 0 Å². The zero-order chi connectivity index (χ0) is 16.4. The van der Waals surface area contributed by atoms with Crippen molar-refractivity contribution in [3.05, 3.63) is 75.3 Å². The quantitative estimate of drug-likeness (QED) is 0.761. The lowest BCUT2D eigenvalue weighted by molar-refractivity contribution is 0.477. The van der Waals surface area contributed by atoms with E-state index in [4.69, 9.17) is 11.6 Å². The Balaban J connectivity index is 1.86. The average molecular weight is 328 g/mol. The van der Waals surface area contributed by atoms with Crippen LogP contribution < -0.4 is 10.9 Å². The number of aromatic amines is 1. The van der Waals surface area contributed by atoms with E-state index < -0.39 is 0 Å². The minimum Gasteiger partial charge on any atom is -0.309 e. The summed E-state index contributed by atoms with van der Waals surface area (Å²) in [5.41, 5.74) is 1.68. The van der Waals surface area contributed by atoms with Gasteiger partial charge in [-0.2, -0.15) is 0 Å². The van der Waals surface area contributed by atoms with E-state index in [0.717, 1.165) is 5.56 Å². The summed E-state index contributed by atoms with van der Waals surface area (Å²) < 4.78 is 0. The summed E-state index contributed by atoms with van der Waals surface area (Å²) in [7, 11) is 0. The van der Waals surface area contributed by atoms with Crippen molar-refractivity contribution < 1.29 is 0 Å². The number of fused-ring (bicyclic) bond motifs is 1. The molecule has 0 unspecified atom stereocenters. The number of para-hydroxylation sites is 1. The van der Waals surface area contributed by atoms with E-state index in [-0.39, 0.29) is 17.6 Å². The van der Waals surface area contributed by atoms with Gasteiger partial charge in [0.1, 0.15) is 5.82 Å². The molecule has 3 aromatic rings. The molecule has 0 aliphatic rings. The lowest BCUT2D eigenvalue weighted by Crippen LogP contribution is -2.26. The molecule has 4 nitrogen and oxygen atoms in total. The molecular weight excluding hydrogens is 310 g/mol. The molecular formula is C18H18ClN3O. The fourth-order valence-electron chi connectivity index (χ4n) is 2.64.